The third kappa shape index (κ3) is 2.15. The minimum absolute atomic E-state index is 0.0163. The minimum Gasteiger partial charge on any atom is -0.497 e. The summed E-state index contributed by atoms with van der Waals surface area (Å²) in [5.41, 5.74) is -3.24. The van der Waals surface area contributed by atoms with Gasteiger partial charge in [0.15, 0.2) is 5.65 Å². The topological polar surface area (TPSA) is 66.1 Å². The lowest BCUT2D eigenvalue weighted by atomic mass is 10.0. The molecule has 0 fully saturated rings. The van der Waals surface area contributed by atoms with Crippen LogP contribution in [0.15, 0.2) is 27.8 Å². The molecule has 6 nitrogen and oxygen atoms in total. The predicted octanol–water partition coefficient (Wildman–Crippen LogP) is 1.81. The summed E-state index contributed by atoms with van der Waals surface area (Å²) in [6.45, 7) is 0. The van der Waals surface area contributed by atoms with Crippen LogP contribution in [0.5, 0.6) is 5.75 Å². The average Bonchev–Trinajstić information content (AvgIpc) is 2.54. The molecular weight excluding hydrogens is 327 g/mol. The van der Waals surface area contributed by atoms with Gasteiger partial charge in [0, 0.05) is 25.5 Å². The second kappa shape index (κ2) is 5.08. The van der Waals surface area contributed by atoms with Gasteiger partial charge in [-0.3, -0.25) is 13.9 Å². The van der Waals surface area contributed by atoms with Crippen molar-refractivity contribution in [2.75, 3.05) is 7.11 Å². The summed E-state index contributed by atoms with van der Waals surface area (Å²) >= 11 is 0. The number of benzene rings is 1. The highest BCUT2D eigenvalue weighted by Crippen LogP contribution is 2.38. The first-order valence-corrected chi connectivity index (χ1v) is 6.81. The largest absolute Gasteiger partial charge is 0.497 e. The van der Waals surface area contributed by atoms with Gasteiger partial charge in [0.25, 0.3) is 5.56 Å². The van der Waals surface area contributed by atoms with Crippen molar-refractivity contribution >= 4 is 21.9 Å². The van der Waals surface area contributed by atoms with Crippen LogP contribution in [0.2, 0.25) is 0 Å². The number of fused-ring (bicyclic) bond motifs is 2. The first-order valence-electron chi connectivity index (χ1n) is 6.81. The van der Waals surface area contributed by atoms with Gasteiger partial charge in [-0.05, 0) is 12.1 Å². The van der Waals surface area contributed by atoms with Gasteiger partial charge in [-0.25, -0.2) is 9.78 Å². The van der Waals surface area contributed by atoms with Gasteiger partial charge >= 0.3 is 11.9 Å². The van der Waals surface area contributed by atoms with E-state index in [1.54, 1.807) is 0 Å². The number of methoxy groups -OCH3 is 1. The van der Waals surface area contributed by atoms with Crippen molar-refractivity contribution < 1.29 is 17.9 Å². The number of aromatic nitrogens is 3. The number of alkyl halides is 3. The fourth-order valence-corrected chi connectivity index (χ4v) is 2.67. The zero-order chi connectivity index (χ0) is 17.8. The lowest BCUT2D eigenvalue weighted by molar-refractivity contribution is -0.135. The van der Waals surface area contributed by atoms with E-state index in [1.807, 2.05) is 0 Å². The van der Waals surface area contributed by atoms with E-state index in [1.165, 1.54) is 32.4 Å². The molecule has 0 bridgehead atoms. The smallest absolute Gasteiger partial charge is 0.417 e. The number of nitrogens with zero attached hydrogens (tertiary/aromatic N) is 3. The van der Waals surface area contributed by atoms with Crippen LogP contribution in [0.4, 0.5) is 13.2 Å². The Balaban J connectivity index is 2.71. The Hall–Kier alpha value is -2.84. The average molecular weight is 339 g/mol. The lowest BCUT2D eigenvalue weighted by Gasteiger charge is -2.16. The molecule has 2 aromatic heterocycles. The number of halogens is 3. The molecule has 0 N–H and O–H groups in total. The van der Waals surface area contributed by atoms with Crippen molar-refractivity contribution in [2.45, 2.75) is 6.18 Å². The zero-order valence-electron chi connectivity index (χ0n) is 12.9. The van der Waals surface area contributed by atoms with Crippen LogP contribution in [0.1, 0.15) is 5.56 Å². The van der Waals surface area contributed by atoms with E-state index in [2.05, 4.69) is 4.98 Å². The molecule has 2 heterocycles. The summed E-state index contributed by atoms with van der Waals surface area (Å²) in [7, 11) is 3.77. The number of ether oxygens (including phenoxy) is 1. The van der Waals surface area contributed by atoms with E-state index in [9.17, 15) is 22.8 Å². The van der Waals surface area contributed by atoms with E-state index in [0.717, 1.165) is 11.6 Å². The van der Waals surface area contributed by atoms with Crippen molar-refractivity contribution in [1.29, 1.82) is 0 Å². The SMILES string of the molecule is COc1ccc2c(C(F)(F)F)c3c(=O)n(C)c(=O)n(C)c3nc2c1. The molecule has 0 aliphatic carbocycles. The molecule has 1 aromatic carbocycles. The fraction of sp³-hybridized carbons (Fsp3) is 0.267. The van der Waals surface area contributed by atoms with Crippen LogP contribution < -0.4 is 16.0 Å². The van der Waals surface area contributed by atoms with Crippen LogP contribution in [-0.4, -0.2) is 21.2 Å². The highest BCUT2D eigenvalue weighted by Gasteiger charge is 2.37. The van der Waals surface area contributed by atoms with Crippen molar-refractivity contribution in [3.63, 3.8) is 0 Å². The molecule has 0 aliphatic heterocycles. The van der Waals surface area contributed by atoms with Gasteiger partial charge in [-0.2, -0.15) is 13.2 Å². The van der Waals surface area contributed by atoms with Crippen LogP contribution in [0, 0.1) is 0 Å². The summed E-state index contributed by atoms with van der Waals surface area (Å²) in [6.07, 6.45) is -4.79. The van der Waals surface area contributed by atoms with Crippen LogP contribution >= 0.6 is 0 Å². The molecule has 126 valence electrons. The number of rotatable bonds is 1. The molecule has 0 unspecified atom stereocenters. The zero-order valence-corrected chi connectivity index (χ0v) is 12.9. The second-order valence-corrected chi connectivity index (χ2v) is 5.27. The van der Waals surface area contributed by atoms with Crippen LogP contribution in [0.3, 0.4) is 0 Å². The number of hydrogen-bond donors (Lipinski definition) is 0. The van der Waals surface area contributed by atoms with Gasteiger partial charge in [0.2, 0.25) is 0 Å². The van der Waals surface area contributed by atoms with E-state index in [0.29, 0.717) is 10.3 Å². The maximum Gasteiger partial charge on any atom is 0.417 e. The molecular formula is C15H12F3N3O3. The molecule has 0 amide bonds. The second-order valence-electron chi connectivity index (χ2n) is 5.27. The molecule has 9 heteroatoms. The molecule has 0 aliphatic rings. The monoisotopic (exact) mass is 339 g/mol. The first-order chi connectivity index (χ1) is 11.2. The Bertz CT molecular complexity index is 1100. The maximum absolute atomic E-state index is 13.7. The van der Waals surface area contributed by atoms with Crippen molar-refractivity contribution in [2.24, 2.45) is 14.1 Å². The third-order valence-electron chi connectivity index (χ3n) is 3.87. The number of aryl methyl sites for hydroxylation is 1. The number of pyridine rings is 1. The molecule has 0 saturated carbocycles. The molecule has 0 radical (unpaired) electrons. The van der Waals surface area contributed by atoms with Crippen molar-refractivity contribution in [3.05, 3.63) is 44.6 Å². The van der Waals surface area contributed by atoms with E-state index < -0.39 is 28.4 Å². The fourth-order valence-electron chi connectivity index (χ4n) is 2.67. The Morgan fingerprint density at radius 3 is 2.38 bits per heavy atom. The van der Waals surface area contributed by atoms with Gasteiger partial charge in [0.1, 0.15) is 5.75 Å². The van der Waals surface area contributed by atoms with E-state index in [-0.39, 0.29) is 16.6 Å². The molecule has 3 aromatic rings. The molecule has 24 heavy (non-hydrogen) atoms. The normalized spacial score (nSPS) is 12.1. The summed E-state index contributed by atoms with van der Waals surface area (Å²) in [5, 5.41) is -0.865. The highest BCUT2D eigenvalue weighted by atomic mass is 19.4. The molecule has 0 spiro atoms. The van der Waals surface area contributed by atoms with E-state index >= 15 is 0 Å². The molecule has 0 atom stereocenters. The summed E-state index contributed by atoms with van der Waals surface area (Å²) in [4.78, 5) is 28.4. The van der Waals surface area contributed by atoms with E-state index in [4.69, 9.17) is 4.74 Å². The lowest BCUT2D eigenvalue weighted by Crippen LogP contribution is -2.38. The van der Waals surface area contributed by atoms with Gasteiger partial charge in [0.05, 0.1) is 23.6 Å². The van der Waals surface area contributed by atoms with Crippen molar-refractivity contribution in [3.8, 4) is 5.75 Å². The maximum atomic E-state index is 13.7. The summed E-state index contributed by atoms with van der Waals surface area (Å²) in [5.74, 6) is 0.316. The summed E-state index contributed by atoms with van der Waals surface area (Å²) < 4.78 is 47.6. The summed E-state index contributed by atoms with van der Waals surface area (Å²) in [6, 6.07) is 3.89. The Labute approximate surface area is 132 Å². The Morgan fingerprint density at radius 2 is 1.79 bits per heavy atom. The number of hydrogen-bond acceptors (Lipinski definition) is 4. The standard InChI is InChI=1S/C15H12F3N3O3/c1-20-12-10(13(22)21(2)14(20)23)11(15(16,17)18)8-5-4-7(24-3)6-9(8)19-12/h4-6H,1-3H3. The van der Waals surface area contributed by atoms with Crippen LogP contribution in [0.25, 0.3) is 21.9 Å². The van der Waals surface area contributed by atoms with Gasteiger partial charge in [-0.15, -0.1) is 0 Å². The third-order valence-corrected chi connectivity index (χ3v) is 3.87. The Morgan fingerprint density at radius 1 is 1.12 bits per heavy atom. The quantitative estimate of drug-likeness (QED) is 0.634. The van der Waals surface area contributed by atoms with Gasteiger partial charge in [-0.1, -0.05) is 0 Å². The molecule has 3 rings (SSSR count). The first kappa shape index (κ1) is 16.0. The van der Waals surface area contributed by atoms with Gasteiger partial charge < -0.3 is 4.74 Å². The highest BCUT2D eigenvalue weighted by molar-refractivity contribution is 5.96. The van der Waals surface area contributed by atoms with Crippen LogP contribution in [-0.2, 0) is 20.3 Å². The predicted molar refractivity (Wildman–Crippen MR) is 81.3 cm³/mol. The van der Waals surface area contributed by atoms with Crippen molar-refractivity contribution in [1.82, 2.24) is 14.1 Å². The molecule has 0 saturated heterocycles. The Kier molecular flexibility index (Phi) is 3.40. The minimum atomic E-state index is -4.79.